The summed E-state index contributed by atoms with van der Waals surface area (Å²) >= 11 is 0. The molecule has 16 heavy (non-hydrogen) atoms. The van der Waals surface area contributed by atoms with Crippen molar-refractivity contribution in [1.29, 1.82) is 0 Å². The van der Waals surface area contributed by atoms with Gasteiger partial charge in [0.05, 0.1) is 6.61 Å². The second-order valence-corrected chi connectivity index (χ2v) is 3.71. The van der Waals surface area contributed by atoms with Gasteiger partial charge in [-0.1, -0.05) is 6.92 Å². The molecule has 0 bridgehead atoms. The fourth-order valence-electron chi connectivity index (χ4n) is 1.29. The normalized spacial score (nSPS) is 11.9. The summed E-state index contributed by atoms with van der Waals surface area (Å²) in [4.78, 5) is 22.5. The quantitative estimate of drug-likeness (QED) is 0.472. The van der Waals surface area contributed by atoms with E-state index >= 15 is 0 Å². The van der Waals surface area contributed by atoms with Gasteiger partial charge in [-0.15, -0.1) is 0 Å². The molecule has 0 heterocycles. The molecule has 0 aromatic rings. The van der Waals surface area contributed by atoms with Crippen molar-refractivity contribution < 1.29 is 14.3 Å². The average molecular weight is 230 g/mol. The molecule has 0 aliphatic rings. The van der Waals surface area contributed by atoms with Crippen LogP contribution in [0.2, 0.25) is 0 Å². The smallest absolute Gasteiger partial charge is 0.328 e. The van der Waals surface area contributed by atoms with Crippen molar-refractivity contribution in [2.24, 2.45) is 5.73 Å². The third kappa shape index (κ3) is 7.23. The highest BCUT2D eigenvalue weighted by Gasteiger charge is 2.19. The lowest BCUT2D eigenvalue weighted by Gasteiger charge is -2.16. The summed E-state index contributed by atoms with van der Waals surface area (Å²) in [5, 5.41) is 2.59. The van der Waals surface area contributed by atoms with Crippen LogP contribution in [-0.4, -0.2) is 31.1 Å². The van der Waals surface area contributed by atoms with Crippen LogP contribution in [0.3, 0.4) is 0 Å². The van der Waals surface area contributed by atoms with Gasteiger partial charge >= 0.3 is 5.97 Å². The topological polar surface area (TPSA) is 81.4 Å². The molecule has 0 fully saturated rings. The third-order valence-corrected chi connectivity index (χ3v) is 2.06. The van der Waals surface area contributed by atoms with E-state index in [-0.39, 0.29) is 11.9 Å². The number of carbonyl (C=O) groups is 2. The Bertz CT molecular complexity index is 219. The van der Waals surface area contributed by atoms with Crippen molar-refractivity contribution in [3.63, 3.8) is 0 Å². The van der Waals surface area contributed by atoms with E-state index in [1.54, 1.807) is 0 Å². The van der Waals surface area contributed by atoms with Crippen LogP contribution in [0, 0.1) is 0 Å². The molecule has 0 aliphatic heterocycles. The van der Waals surface area contributed by atoms with Crippen LogP contribution in [0.5, 0.6) is 0 Å². The van der Waals surface area contributed by atoms with Crippen molar-refractivity contribution in [2.75, 3.05) is 13.2 Å². The van der Waals surface area contributed by atoms with Crippen molar-refractivity contribution in [2.45, 2.75) is 45.6 Å². The molecule has 5 nitrogen and oxygen atoms in total. The van der Waals surface area contributed by atoms with Crippen LogP contribution in [0.15, 0.2) is 0 Å². The number of hydrogen-bond donors (Lipinski definition) is 2. The minimum Gasteiger partial charge on any atom is -0.464 e. The highest BCUT2D eigenvalue weighted by atomic mass is 16.5. The predicted octanol–water partition coefficient (Wildman–Crippen LogP) is 0.573. The molecular weight excluding hydrogens is 208 g/mol. The molecule has 0 aromatic heterocycles. The maximum absolute atomic E-state index is 11.6. The van der Waals surface area contributed by atoms with Gasteiger partial charge in [0, 0.05) is 6.92 Å². The Morgan fingerprint density at radius 1 is 1.38 bits per heavy atom. The number of nitrogens with two attached hydrogens (primary N) is 1. The molecule has 0 saturated carbocycles. The zero-order valence-electron chi connectivity index (χ0n) is 10.1. The summed E-state index contributed by atoms with van der Waals surface area (Å²) in [5.41, 5.74) is 5.37. The minimum atomic E-state index is -0.532. The molecule has 0 aliphatic carbocycles. The van der Waals surface area contributed by atoms with Crippen molar-refractivity contribution >= 4 is 11.9 Å². The maximum atomic E-state index is 11.6. The summed E-state index contributed by atoms with van der Waals surface area (Å²) in [6.45, 7) is 4.31. The fourth-order valence-corrected chi connectivity index (χ4v) is 1.29. The lowest BCUT2D eigenvalue weighted by molar-refractivity contribution is -0.148. The van der Waals surface area contributed by atoms with Gasteiger partial charge in [-0.3, -0.25) is 4.79 Å². The van der Waals surface area contributed by atoms with Gasteiger partial charge in [0.25, 0.3) is 0 Å². The Morgan fingerprint density at radius 3 is 2.56 bits per heavy atom. The molecule has 1 atom stereocenters. The van der Waals surface area contributed by atoms with Crippen molar-refractivity contribution in [3.8, 4) is 0 Å². The third-order valence-electron chi connectivity index (χ3n) is 2.06. The van der Waals surface area contributed by atoms with Crippen molar-refractivity contribution in [3.05, 3.63) is 0 Å². The van der Waals surface area contributed by atoms with Gasteiger partial charge in [0.1, 0.15) is 6.04 Å². The molecule has 3 N–H and O–H groups in total. The molecule has 0 saturated heterocycles. The first-order valence-corrected chi connectivity index (χ1v) is 5.75. The molecular formula is C11H22N2O3. The van der Waals surface area contributed by atoms with Gasteiger partial charge < -0.3 is 15.8 Å². The first-order valence-electron chi connectivity index (χ1n) is 5.75. The Labute approximate surface area is 96.7 Å². The SMILES string of the molecule is CCCOC(=O)C(CCCCN)NC(C)=O. The number of carbonyl (C=O) groups excluding carboxylic acids is 2. The largest absolute Gasteiger partial charge is 0.464 e. The van der Waals surface area contributed by atoms with Crippen LogP contribution in [0.25, 0.3) is 0 Å². The Kier molecular flexibility index (Phi) is 8.52. The Balaban J connectivity index is 4.06. The molecule has 94 valence electrons. The average Bonchev–Trinajstić information content (AvgIpc) is 2.24. The fraction of sp³-hybridized carbons (Fsp3) is 0.818. The number of unbranched alkanes of at least 4 members (excludes halogenated alkanes) is 1. The second kappa shape index (κ2) is 9.15. The van der Waals surface area contributed by atoms with E-state index in [0.717, 1.165) is 19.3 Å². The number of amides is 1. The van der Waals surface area contributed by atoms with E-state index < -0.39 is 6.04 Å². The number of esters is 1. The van der Waals surface area contributed by atoms with E-state index in [4.69, 9.17) is 10.5 Å². The van der Waals surface area contributed by atoms with Crippen LogP contribution in [-0.2, 0) is 14.3 Å². The van der Waals surface area contributed by atoms with E-state index in [1.165, 1.54) is 6.92 Å². The Morgan fingerprint density at radius 2 is 2.06 bits per heavy atom. The van der Waals surface area contributed by atoms with Crippen LogP contribution in [0.1, 0.15) is 39.5 Å². The van der Waals surface area contributed by atoms with E-state index in [0.29, 0.717) is 19.6 Å². The van der Waals surface area contributed by atoms with Gasteiger partial charge in [-0.2, -0.15) is 0 Å². The minimum absolute atomic E-state index is 0.216. The van der Waals surface area contributed by atoms with E-state index in [2.05, 4.69) is 5.32 Å². The lowest BCUT2D eigenvalue weighted by Crippen LogP contribution is -2.40. The summed E-state index contributed by atoms with van der Waals surface area (Å²) < 4.78 is 5.00. The number of nitrogens with one attached hydrogen (secondary N) is 1. The van der Waals surface area contributed by atoms with E-state index in [1.807, 2.05) is 6.92 Å². The standard InChI is InChI=1S/C11H22N2O3/c1-3-8-16-11(15)10(13-9(2)14)6-4-5-7-12/h10H,3-8,12H2,1-2H3,(H,13,14). The van der Waals surface area contributed by atoms with Gasteiger partial charge in [0.15, 0.2) is 0 Å². The molecule has 0 aromatic carbocycles. The Hall–Kier alpha value is -1.10. The zero-order chi connectivity index (χ0) is 12.4. The number of hydrogen-bond acceptors (Lipinski definition) is 4. The zero-order valence-corrected chi connectivity index (χ0v) is 10.1. The van der Waals surface area contributed by atoms with Gasteiger partial charge in [0.2, 0.25) is 5.91 Å². The maximum Gasteiger partial charge on any atom is 0.328 e. The molecule has 0 radical (unpaired) electrons. The summed E-state index contributed by atoms with van der Waals surface area (Å²) in [6.07, 6.45) is 3.01. The van der Waals surface area contributed by atoms with Crippen molar-refractivity contribution in [1.82, 2.24) is 5.32 Å². The summed E-state index contributed by atoms with van der Waals surface area (Å²) in [5.74, 6) is -0.569. The number of ether oxygens (including phenoxy) is 1. The summed E-state index contributed by atoms with van der Waals surface area (Å²) in [6, 6.07) is -0.532. The first-order chi connectivity index (χ1) is 7.61. The number of rotatable bonds is 8. The molecule has 0 spiro atoms. The van der Waals surface area contributed by atoms with Crippen LogP contribution in [0.4, 0.5) is 0 Å². The van der Waals surface area contributed by atoms with Gasteiger partial charge in [-0.25, -0.2) is 4.79 Å². The van der Waals surface area contributed by atoms with Crippen LogP contribution >= 0.6 is 0 Å². The van der Waals surface area contributed by atoms with Gasteiger partial charge in [-0.05, 0) is 32.2 Å². The second-order valence-electron chi connectivity index (χ2n) is 3.71. The summed E-state index contributed by atoms with van der Waals surface area (Å²) in [7, 11) is 0. The molecule has 1 unspecified atom stereocenters. The molecule has 1 amide bonds. The molecule has 0 rings (SSSR count). The van der Waals surface area contributed by atoms with Crippen LogP contribution < -0.4 is 11.1 Å². The lowest BCUT2D eigenvalue weighted by atomic mass is 10.1. The molecule has 5 heteroatoms. The highest BCUT2D eigenvalue weighted by Crippen LogP contribution is 2.03. The first kappa shape index (κ1) is 14.9. The monoisotopic (exact) mass is 230 g/mol. The highest BCUT2D eigenvalue weighted by molar-refractivity contribution is 5.83. The predicted molar refractivity (Wildman–Crippen MR) is 61.8 cm³/mol. The van der Waals surface area contributed by atoms with E-state index in [9.17, 15) is 9.59 Å².